The maximum atomic E-state index is 13.0. The molecule has 0 aliphatic carbocycles. The van der Waals surface area contributed by atoms with Crippen molar-refractivity contribution in [2.75, 3.05) is 31.5 Å². The summed E-state index contributed by atoms with van der Waals surface area (Å²) in [6.07, 6.45) is 3.25. The van der Waals surface area contributed by atoms with Crippen molar-refractivity contribution in [3.63, 3.8) is 0 Å². The summed E-state index contributed by atoms with van der Waals surface area (Å²) in [6.45, 7) is 3.61. The highest BCUT2D eigenvalue weighted by atomic mass is 16.2. The Morgan fingerprint density at radius 2 is 2.04 bits per heavy atom. The Morgan fingerprint density at radius 3 is 2.92 bits per heavy atom. The zero-order chi connectivity index (χ0) is 16.4. The van der Waals surface area contributed by atoms with E-state index < -0.39 is 0 Å². The third-order valence-corrected chi connectivity index (χ3v) is 5.53. The fraction of sp³-hybridized carbons (Fsp3) is 0.611. The van der Waals surface area contributed by atoms with Crippen LogP contribution in [0.1, 0.15) is 19.3 Å². The molecule has 4 N–H and O–H groups in total. The Kier molecular flexibility index (Phi) is 4.69. The summed E-state index contributed by atoms with van der Waals surface area (Å²) in [4.78, 5) is 15.1. The molecule has 4 atom stereocenters. The largest absolute Gasteiger partial charge is 0.381 e. The number of hydrogen-bond donors (Lipinski definition) is 4. The van der Waals surface area contributed by atoms with Crippen LogP contribution in [0, 0.1) is 5.92 Å². The predicted molar refractivity (Wildman–Crippen MR) is 94.5 cm³/mol. The summed E-state index contributed by atoms with van der Waals surface area (Å²) in [5.74, 6) is 0.604. The standard InChI is InChI=1S/C18H27N5O/c24-18(17-15-11-19-9-8-16(15)21-22-17)23-10-4-7-14(12-23)20-13-5-2-1-3-6-13/h1-3,5-6,14-17,19-22H,4,7-12H2. The highest BCUT2D eigenvalue weighted by Crippen LogP contribution is 2.23. The highest BCUT2D eigenvalue weighted by Gasteiger charge is 2.43. The minimum Gasteiger partial charge on any atom is -0.381 e. The maximum Gasteiger partial charge on any atom is 0.241 e. The third-order valence-electron chi connectivity index (χ3n) is 5.53. The molecule has 4 rings (SSSR count). The van der Waals surface area contributed by atoms with Crippen molar-refractivity contribution in [1.29, 1.82) is 0 Å². The lowest BCUT2D eigenvalue weighted by molar-refractivity contribution is -0.135. The number of carbonyl (C=O) groups is 1. The number of nitrogens with one attached hydrogen (secondary N) is 4. The van der Waals surface area contributed by atoms with Crippen LogP contribution in [0.3, 0.4) is 0 Å². The highest BCUT2D eigenvalue weighted by molar-refractivity contribution is 5.83. The molecule has 0 saturated carbocycles. The number of hydrogen-bond acceptors (Lipinski definition) is 5. The monoisotopic (exact) mass is 329 g/mol. The first kappa shape index (κ1) is 15.9. The smallest absolute Gasteiger partial charge is 0.241 e. The van der Waals surface area contributed by atoms with E-state index >= 15 is 0 Å². The fourth-order valence-corrected chi connectivity index (χ4v) is 4.22. The van der Waals surface area contributed by atoms with Crippen molar-refractivity contribution >= 4 is 11.6 Å². The minimum atomic E-state index is -0.0988. The summed E-state index contributed by atoms with van der Waals surface area (Å²) < 4.78 is 0. The second kappa shape index (κ2) is 7.09. The number of carbonyl (C=O) groups excluding carboxylic acids is 1. The molecule has 0 bridgehead atoms. The molecule has 6 nitrogen and oxygen atoms in total. The van der Waals surface area contributed by atoms with Gasteiger partial charge in [0.2, 0.25) is 5.91 Å². The summed E-state index contributed by atoms with van der Waals surface area (Å²) in [6, 6.07) is 10.9. The number of anilines is 1. The van der Waals surface area contributed by atoms with E-state index in [9.17, 15) is 4.79 Å². The molecule has 3 saturated heterocycles. The van der Waals surface area contributed by atoms with Crippen LogP contribution in [-0.2, 0) is 4.79 Å². The van der Waals surface area contributed by atoms with E-state index in [1.54, 1.807) is 0 Å². The molecule has 24 heavy (non-hydrogen) atoms. The molecule has 0 spiro atoms. The summed E-state index contributed by atoms with van der Waals surface area (Å²) >= 11 is 0. The van der Waals surface area contributed by atoms with Crippen molar-refractivity contribution in [3.8, 4) is 0 Å². The number of amides is 1. The van der Waals surface area contributed by atoms with Crippen LogP contribution in [0.15, 0.2) is 30.3 Å². The van der Waals surface area contributed by atoms with E-state index in [4.69, 9.17) is 0 Å². The fourth-order valence-electron chi connectivity index (χ4n) is 4.22. The van der Waals surface area contributed by atoms with E-state index in [1.807, 2.05) is 23.1 Å². The van der Waals surface area contributed by atoms with Crippen LogP contribution in [-0.4, -0.2) is 55.1 Å². The van der Waals surface area contributed by atoms with Crippen molar-refractivity contribution in [2.45, 2.75) is 37.4 Å². The minimum absolute atomic E-state index is 0.0988. The van der Waals surface area contributed by atoms with Crippen molar-refractivity contribution < 1.29 is 4.79 Å². The molecule has 6 heteroatoms. The Hall–Kier alpha value is -1.63. The zero-order valence-corrected chi connectivity index (χ0v) is 14.0. The Balaban J connectivity index is 1.38. The average molecular weight is 329 g/mol. The Labute approximate surface area is 143 Å². The number of likely N-dealkylation sites (tertiary alicyclic amines) is 1. The van der Waals surface area contributed by atoms with Gasteiger partial charge in [0.05, 0.1) is 0 Å². The quantitative estimate of drug-likeness (QED) is 0.652. The van der Waals surface area contributed by atoms with Gasteiger partial charge >= 0.3 is 0 Å². The molecule has 4 unspecified atom stereocenters. The zero-order valence-electron chi connectivity index (χ0n) is 14.0. The summed E-state index contributed by atoms with van der Waals surface area (Å²) in [5, 5.41) is 6.99. The topological polar surface area (TPSA) is 68.4 Å². The third kappa shape index (κ3) is 3.27. The summed E-state index contributed by atoms with van der Waals surface area (Å²) in [5.41, 5.74) is 7.72. The van der Waals surface area contributed by atoms with Crippen LogP contribution in [0.4, 0.5) is 5.69 Å². The second-order valence-corrected chi connectivity index (χ2v) is 7.16. The van der Waals surface area contributed by atoms with Gasteiger partial charge in [0.25, 0.3) is 0 Å². The lowest BCUT2D eigenvalue weighted by Crippen LogP contribution is -2.54. The first-order valence-corrected chi connectivity index (χ1v) is 9.13. The van der Waals surface area contributed by atoms with Gasteiger partial charge in [-0.2, -0.15) is 0 Å². The summed E-state index contributed by atoms with van der Waals surface area (Å²) in [7, 11) is 0. The van der Waals surface area contributed by atoms with E-state index in [0.29, 0.717) is 18.0 Å². The van der Waals surface area contributed by atoms with Crippen LogP contribution in [0.25, 0.3) is 0 Å². The molecular weight excluding hydrogens is 302 g/mol. The number of rotatable bonds is 3. The number of hydrazine groups is 1. The first-order chi connectivity index (χ1) is 11.8. The molecule has 3 aliphatic heterocycles. The molecule has 1 aromatic carbocycles. The molecular formula is C18H27N5O. The van der Waals surface area contributed by atoms with Gasteiger partial charge in [-0.15, -0.1) is 0 Å². The van der Waals surface area contributed by atoms with Crippen LogP contribution in [0.5, 0.6) is 0 Å². The molecule has 1 amide bonds. The van der Waals surface area contributed by atoms with Gasteiger partial charge in [-0.3, -0.25) is 10.2 Å². The van der Waals surface area contributed by atoms with E-state index in [2.05, 4.69) is 33.6 Å². The molecule has 1 aromatic rings. The van der Waals surface area contributed by atoms with Gasteiger partial charge in [0, 0.05) is 43.3 Å². The van der Waals surface area contributed by atoms with E-state index in [1.165, 1.54) is 0 Å². The lowest BCUT2D eigenvalue weighted by atomic mass is 9.88. The van der Waals surface area contributed by atoms with Gasteiger partial charge < -0.3 is 15.5 Å². The SMILES string of the molecule is O=C(C1NNC2CCNCC21)N1CCCC(Nc2ccccc2)C1. The second-order valence-electron chi connectivity index (χ2n) is 7.16. The van der Waals surface area contributed by atoms with Gasteiger partial charge in [-0.1, -0.05) is 18.2 Å². The van der Waals surface area contributed by atoms with Crippen molar-refractivity contribution in [2.24, 2.45) is 5.92 Å². The molecule has 0 aromatic heterocycles. The lowest BCUT2D eigenvalue weighted by Gasteiger charge is -2.36. The number of para-hydroxylation sites is 1. The van der Waals surface area contributed by atoms with Gasteiger partial charge in [0.15, 0.2) is 0 Å². The average Bonchev–Trinajstić information content (AvgIpc) is 3.06. The first-order valence-electron chi connectivity index (χ1n) is 9.13. The van der Waals surface area contributed by atoms with Gasteiger partial charge in [0.1, 0.15) is 6.04 Å². The molecule has 130 valence electrons. The van der Waals surface area contributed by atoms with Gasteiger partial charge in [-0.05, 0) is 37.9 Å². The van der Waals surface area contributed by atoms with E-state index in [0.717, 1.165) is 51.1 Å². The molecule has 3 heterocycles. The maximum absolute atomic E-state index is 13.0. The van der Waals surface area contributed by atoms with Crippen LogP contribution in [0.2, 0.25) is 0 Å². The van der Waals surface area contributed by atoms with Crippen molar-refractivity contribution in [1.82, 2.24) is 21.1 Å². The van der Waals surface area contributed by atoms with E-state index in [-0.39, 0.29) is 11.9 Å². The predicted octanol–water partition coefficient (Wildman–Crippen LogP) is 0.544. The number of benzene rings is 1. The Bertz CT molecular complexity index is 566. The van der Waals surface area contributed by atoms with Crippen LogP contribution >= 0.6 is 0 Å². The number of fused-ring (bicyclic) bond motifs is 1. The molecule has 3 fully saturated rings. The Morgan fingerprint density at radius 1 is 1.17 bits per heavy atom. The molecule has 3 aliphatic rings. The normalized spacial score (nSPS) is 33.1. The molecule has 0 radical (unpaired) electrons. The number of nitrogens with zero attached hydrogens (tertiary/aromatic N) is 1. The van der Waals surface area contributed by atoms with Gasteiger partial charge in [-0.25, -0.2) is 5.43 Å². The number of piperidine rings is 2. The van der Waals surface area contributed by atoms with Crippen molar-refractivity contribution in [3.05, 3.63) is 30.3 Å². The van der Waals surface area contributed by atoms with Crippen LogP contribution < -0.4 is 21.5 Å².